The van der Waals surface area contributed by atoms with Crippen molar-refractivity contribution >= 4 is 35.0 Å². The maximum Gasteiger partial charge on any atom is 0.398 e. The van der Waals surface area contributed by atoms with Crippen LogP contribution >= 0.6 is 11.6 Å². The van der Waals surface area contributed by atoms with Crippen molar-refractivity contribution in [2.45, 2.75) is 69.9 Å². The van der Waals surface area contributed by atoms with Crippen molar-refractivity contribution in [1.29, 1.82) is 0 Å². The summed E-state index contributed by atoms with van der Waals surface area (Å²) in [6, 6.07) is 4.16. The van der Waals surface area contributed by atoms with E-state index < -0.39 is 29.4 Å². The number of alkyl halides is 3. The van der Waals surface area contributed by atoms with Crippen LogP contribution in [0, 0.1) is 17.8 Å². The minimum absolute atomic E-state index is 0.0177. The van der Waals surface area contributed by atoms with Crippen molar-refractivity contribution in [1.82, 2.24) is 14.7 Å². The van der Waals surface area contributed by atoms with Crippen LogP contribution in [0.25, 0.3) is 5.57 Å². The summed E-state index contributed by atoms with van der Waals surface area (Å²) in [5, 5.41) is 14.0. The number of nitrogens with zero attached hydrogens (tertiary/aromatic N) is 3. The number of hydrogen-bond donors (Lipinski definition) is 1. The Morgan fingerprint density at radius 2 is 1.80 bits per heavy atom. The highest BCUT2D eigenvalue weighted by Gasteiger charge is 2.65. The number of benzene rings is 1. The summed E-state index contributed by atoms with van der Waals surface area (Å²) in [4.78, 5) is 40.7. The Hall–Kier alpha value is -3.14. The third-order valence-corrected chi connectivity index (χ3v) is 9.60. The molecule has 4 aliphatic rings. The fourth-order valence-electron chi connectivity index (χ4n) is 6.74. The van der Waals surface area contributed by atoms with E-state index in [9.17, 15) is 32.7 Å². The number of carbonyl (C=O) groups excluding carboxylic acids is 2. The topological polar surface area (TPSA) is 92.5 Å². The van der Waals surface area contributed by atoms with Gasteiger partial charge in [-0.2, -0.15) is 23.0 Å². The lowest BCUT2D eigenvalue weighted by Crippen LogP contribution is -2.51. The molecule has 11 heteroatoms. The van der Waals surface area contributed by atoms with Gasteiger partial charge in [-0.05, 0) is 68.1 Å². The van der Waals surface area contributed by atoms with Crippen molar-refractivity contribution < 1.29 is 32.7 Å². The number of amides is 1. The second kappa shape index (κ2) is 10.00. The van der Waals surface area contributed by atoms with E-state index in [1.807, 2.05) is 11.0 Å². The lowest BCUT2D eigenvalue weighted by atomic mass is 9.81. The van der Waals surface area contributed by atoms with E-state index in [4.69, 9.17) is 11.6 Å². The molecule has 2 atom stereocenters. The van der Waals surface area contributed by atoms with Gasteiger partial charge in [0.1, 0.15) is 0 Å². The van der Waals surface area contributed by atoms with Gasteiger partial charge < -0.3 is 10.0 Å². The molecule has 1 aromatic carbocycles. The van der Waals surface area contributed by atoms with E-state index in [1.54, 1.807) is 0 Å². The summed E-state index contributed by atoms with van der Waals surface area (Å²) < 4.78 is 43.7. The van der Waals surface area contributed by atoms with Crippen LogP contribution in [0.15, 0.2) is 24.3 Å². The van der Waals surface area contributed by atoms with Crippen LogP contribution in [0.4, 0.5) is 13.2 Å². The van der Waals surface area contributed by atoms with Gasteiger partial charge in [-0.1, -0.05) is 36.7 Å². The zero-order chi connectivity index (χ0) is 29.3. The smallest absolute Gasteiger partial charge is 0.398 e. The quantitative estimate of drug-likeness (QED) is 0.485. The molecule has 218 valence electrons. The van der Waals surface area contributed by atoms with Gasteiger partial charge in [0.05, 0.1) is 33.3 Å². The molecule has 1 aromatic heterocycles. The van der Waals surface area contributed by atoms with E-state index in [2.05, 4.69) is 12.0 Å². The summed E-state index contributed by atoms with van der Waals surface area (Å²) in [6.45, 7) is 3.45. The number of carbonyl (C=O) groups is 3. The van der Waals surface area contributed by atoms with Gasteiger partial charge in [0.25, 0.3) is 5.91 Å². The molecule has 0 bridgehead atoms. The Balaban J connectivity index is 1.42. The van der Waals surface area contributed by atoms with E-state index in [0.29, 0.717) is 62.5 Å². The van der Waals surface area contributed by atoms with E-state index >= 15 is 0 Å². The third-order valence-electron chi connectivity index (χ3n) is 9.29. The number of fused-ring (bicyclic) bond motifs is 1. The number of aliphatic carboxylic acids is 1. The number of aromatic nitrogens is 2. The van der Waals surface area contributed by atoms with Gasteiger partial charge in [0.15, 0.2) is 0 Å². The number of rotatable bonds is 5. The summed E-state index contributed by atoms with van der Waals surface area (Å²) >= 11 is 6.45. The Bertz CT molecular complexity index is 1470. The van der Waals surface area contributed by atoms with Crippen LogP contribution in [0.5, 0.6) is 0 Å². The second-order valence-electron chi connectivity index (χ2n) is 12.1. The number of carboxylic acids is 1. The van der Waals surface area contributed by atoms with Crippen LogP contribution in [-0.2, 0) is 27.8 Å². The summed E-state index contributed by atoms with van der Waals surface area (Å²) in [6.07, 6.45) is -0.440. The Morgan fingerprint density at radius 3 is 2.39 bits per heavy atom. The highest BCUT2D eigenvalue weighted by atomic mass is 35.5. The molecule has 1 aliphatic heterocycles. The van der Waals surface area contributed by atoms with Crippen molar-refractivity contribution in [2.24, 2.45) is 17.8 Å². The predicted octanol–water partition coefficient (Wildman–Crippen LogP) is 5.67. The van der Waals surface area contributed by atoms with Crippen LogP contribution in [0.3, 0.4) is 0 Å². The highest BCUT2D eigenvalue weighted by Crippen LogP contribution is 2.60. The zero-order valence-corrected chi connectivity index (χ0v) is 23.4. The van der Waals surface area contributed by atoms with Gasteiger partial charge in [0, 0.05) is 31.0 Å². The normalized spacial score (nSPS) is 23.8. The van der Waals surface area contributed by atoms with Crippen molar-refractivity contribution in [2.75, 3.05) is 13.1 Å². The van der Waals surface area contributed by atoms with Gasteiger partial charge in [0.2, 0.25) is 5.91 Å². The predicted molar refractivity (Wildman–Crippen MR) is 145 cm³/mol. The molecule has 2 aromatic rings. The zero-order valence-electron chi connectivity index (χ0n) is 22.6. The standard InChI is InChI=1S/C30H31ClF3N3O4/c1-16-14-36(15-16)26(38)19-9-10-20-23(13-19)37(35-25(20)17-5-7-18(8-6-17)28(40)41)27(39)24-21(3-2-4-22(24)31)29(11-12-29)30(32,33)34/h2-5,16,18-19H,6-15H2,1H3,(H,40,41). The maximum absolute atomic E-state index is 14.2. The van der Waals surface area contributed by atoms with Gasteiger partial charge in [-0.25, -0.2) is 0 Å². The molecular weight excluding hydrogens is 559 g/mol. The van der Waals surface area contributed by atoms with E-state index in [0.717, 1.165) is 11.1 Å². The summed E-state index contributed by atoms with van der Waals surface area (Å²) in [5.74, 6) is -2.01. The second-order valence-corrected chi connectivity index (χ2v) is 12.5. The van der Waals surface area contributed by atoms with Crippen LogP contribution in [-0.4, -0.2) is 56.8 Å². The fraction of sp³-hybridized carbons (Fsp3) is 0.533. The number of carboxylic acid groups (broad SMARTS) is 1. The van der Waals surface area contributed by atoms with Gasteiger partial charge in [-0.3, -0.25) is 14.4 Å². The molecule has 7 nitrogen and oxygen atoms in total. The molecule has 6 rings (SSSR count). The Kier molecular flexibility index (Phi) is 6.83. The van der Waals surface area contributed by atoms with Crippen molar-refractivity contribution in [3.05, 3.63) is 57.4 Å². The largest absolute Gasteiger partial charge is 0.481 e. The van der Waals surface area contributed by atoms with E-state index in [1.165, 1.54) is 22.9 Å². The third kappa shape index (κ3) is 4.68. The number of halogens is 4. The number of likely N-dealkylation sites (tertiary alicyclic amines) is 1. The highest BCUT2D eigenvalue weighted by molar-refractivity contribution is 6.34. The van der Waals surface area contributed by atoms with Crippen molar-refractivity contribution in [3.8, 4) is 0 Å². The molecule has 2 fully saturated rings. The Labute approximate surface area is 240 Å². The lowest BCUT2D eigenvalue weighted by Gasteiger charge is -2.40. The number of allylic oxidation sites excluding steroid dienone is 2. The average Bonchev–Trinajstić information content (AvgIpc) is 3.66. The van der Waals surface area contributed by atoms with Crippen molar-refractivity contribution in [3.63, 3.8) is 0 Å². The molecule has 1 amide bonds. The van der Waals surface area contributed by atoms with Gasteiger partial charge >= 0.3 is 12.1 Å². The summed E-state index contributed by atoms with van der Waals surface area (Å²) in [7, 11) is 0. The molecule has 1 saturated heterocycles. The monoisotopic (exact) mass is 589 g/mol. The first kappa shape index (κ1) is 28.0. The Morgan fingerprint density at radius 1 is 1.10 bits per heavy atom. The number of hydrogen-bond acceptors (Lipinski definition) is 4. The van der Waals surface area contributed by atoms with Gasteiger partial charge in [-0.15, -0.1) is 0 Å². The molecule has 2 heterocycles. The minimum Gasteiger partial charge on any atom is -0.481 e. The fourth-order valence-corrected chi connectivity index (χ4v) is 6.99. The molecule has 41 heavy (non-hydrogen) atoms. The van der Waals surface area contributed by atoms with Crippen LogP contribution in [0.2, 0.25) is 5.02 Å². The van der Waals surface area contributed by atoms with E-state index in [-0.39, 0.29) is 47.2 Å². The molecule has 0 radical (unpaired) electrons. The first-order valence-electron chi connectivity index (χ1n) is 14.1. The molecule has 3 aliphatic carbocycles. The first-order valence-corrected chi connectivity index (χ1v) is 14.5. The lowest BCUT2D eigenvalue weighted by molar-refractivity contribution is -0.160. The SMILES string of the molecule is CC1CN(C(=O)C2CCc3c(C4=CCC(C(=O)O)CC4)nn(C(=O)c4c(Cl)cccc4C4(C(F)(F)F)CC4)c3C2)C1. The molecule has 0 spiro atoms. The maximum atomic E-state index is 14.2. The summed E-state index contributed by atoms with van der Waals surface area (Å²) in [5.41, 5.74) is 0.217. The average molecular weight is 590 g/mol. The van der Waals surface area contributed by atoms with Crippen LogP contribution < -0.4 is 0 Å². The van der Waals surface area contributed by atoms with Crippen LogP contribution in [0.1, 0.15) is 78.3 Å². The molecule has 1 saturated carbocycles. The minimum atomic E-state index is -4.54. The first-order chi connectivity index (χ1) is 19.4. The molecule has 2 unspecified atom stereocenters. The molecule has 1 N–H and O–H groups in total. The molecular formula is C30H31ClF3N3O4.